The Morgan fingerprint density at radius 2 is 1.00 bits per heavy atom. The Morgan fingerprint density at radius 1 is 0.621 bits per heavy atom. The van der Waals surface area contributed by atoms with Crippen LogP contribution in [0.1, 0.15) is 11.1 Å². The molecule has 0 bridgehead atoms. The van der Waals surface area contributed by atoms with E-state index in [9.17, 15) is 0 Å². The second-order valence-electron chi connectivity index (χ2n) is 6.38. The van der Waals surface area contributed by atoms with Gasteiger partial charge in [-0.3, -0.25) is 0 Å². The second-order valence-corrected chi connectivity index (χ2v) is 8.21. The van der Waals surface area contributed by atoms with Crippen LogP contribution >= 0.6 is 31.9 Å². The first kappa shape index (κ1) is 24.5. The molecule has 2 atom stereocenters. The Bertz CT molecular complexity index is 619. The van der Waals surface area contributed by atoms with Crippen LogP contribution in [0, 0.1) is 0 Å². The average Bonchev–Trinajstić information content (AvgIpc) is 2.71. The summed E-state index contributed by atoms with van der Waals surface area (Å²) in [6.45, 7) is 1.89. The first-order chi connectivity index (χ1) is 14.1. The highest BCUT2D eigenvalue weighted by atomic mass is 79.9. The summed E-state index contributed by atoms with van der Waals surface area (Å²) >= 11 is 6.93. The van der Waals surface area contributed by atoms with E-state index in [2.05, 4.69) is 56.1 Å². The lowest BCUT2D eigenvalue weighted by Crippen LogP contribution is -2.31. The van der Waals surface area contributed by atoms with Crippen LogP contribution < -0.4 is 0 Å². The van der Waals surface area contributed by atoms with Gasteiger partial charge in [0.15, 0.2) is 12.6 Å². The van der Waals surface area contributed by atoms with E-state index in [0.717, 1.165) is 20.1 Å². The summed E-state index contributed by atoms with van der Waals surface area (Å²) in [7, 11) is 3.30. The van der Waals surface area contributed by atoms with Crippen molar-refractivity contribution in [2.45, 2.75) is 25.4 Å². The van der Waals surface area contributed by atoms with Crippen molar-refractivity contribution < 1.29 is 23.7 Å². The summed E-state index contributed by atoms with van der Waals surface area (Å²) in [5.74, 6) is 0. The summed E-state index contributed by atoms with van der Waals surface area (Å²) in [6.07, 6.45) is 0.326. The van der Waals surface area contributed by atoms with Gasteiger partial charge in [0, 0.05) is 36.0 Å². The van der Waals surface area contributed by atoms with Gasteiger partial charge in [-0.2, -0.15) is 0 Å². The molecule has 0 aromatic heterocycles. The Hall–Kier alpha value is -0.800. The van der Waals surface area contributed by atoms with Gasteiger partial charge in [0.2, 0.25) is 0 Å². The maximum atomic E-state index is 6.23. The van der Waals surface area contributed by atoms with Gasteiger partial charge in [-0.05, 0) is 35.4 Å². The monoisotopic (exact) mass is 530 g/mol. The van der Waals surface area contributed by atoms with E-state index < -0.39 is 12.6 Å². The molecule has 5 nitrogen and oxygen atoms in total. The van der Waals surface area contributed by atoms with Gasteiger partial charge in [0.1, 0.15) is 0 Å². The van der Waals surface area contributed by atoms with Crippen molar-refractivity contribution in [1.82, 2.24) is 0 Å². The van der Waals surface area contributed by atoms with Gasteiger partial charge in [0.25, 0.3) is 0 Å². The van der Waals surface area contributed by atoms with Crippen molar-refractivity contribution in [1.29, 1.82) is 0 Å². The fourth-order valence-electron chi connectivity index (χ4n) is 2.61. The summed E-state index contributed by atoms with van der Waals surface area (Å²) in [5, 5.41) is 0. The molecule has 2 unspecified atom stereocenters. The molecule has 29 heavy (non-hydrogen) atoms. The molecule has 0 aliphatic heterocycles. The largest absolute Gasteiger partial charge is 0.382 e. The number of halogens is 2. The first-order valence-electron chi connectivity index (χ1n) is 9.46. The normalized spacial score (nSPS) is 13.4. The zero-order chi connectivity index (χ0) is 20.9. The molecule has 0 amide bonds. The van der Waals surface area contributed by atoms with Gasteiger partial charge in [-0.1, -0.05) is 56.1 Å². The van der Waals surface area contributed by atoms with E-state index in [1.54, 1.807) is 14.2 Å². The van der Waals surface area contributed by atoms with E-state index in [-0.39, 0.29) is 0 Å². The van der Waals surface area contributed by atoms with Crippen LogP contribution in [-0.2, 0) is 36.5 Å². The predicted octanol–water partition coefficient (Wildman–Crippen LogP) is 4.99. The Morgan fingerprint density at radius 3 is 1.34 bits per heavy atom. The second kappa shape index (κ2) is 14.2. The Balaban J connectivity index is 2.05. The van der Waals surface area contributed by atoms with Crippen molar-refractivity contribution in [3.63, 3.8) is 0 Å². The van der Waals surface area contributed by atoms with Gasteiger partial charge in [-0.25, -0.2) is 0 Å². The Kier molecular flexibility index (Phi) is 12.0. The van der Waals surface area contributed by atoms with Crippen LogP contribution in [0.3, 0.4) is 0 Å². The van der Waals surface area contributed by atoms with Crippen LogP contribution in [0.25, 0.3) is 0 Å². The van der Waals surface area contributed by atoms with Crippen LogP contribution in [0.2, 0.25) is 0 Å². The molecule has 160 valence electrons. The standard InChI is InChI=1S/C22H28Br2O5/c1-25-11-13-27-21(15-17-3-7-19(23)8-4-17)29-22(28-14-12-26-2)16-18-5-9-20(24)10-6-18/h3-10,21-22H,11-16H2,1-2H3. The van der Waals surface area contributed by atoms with E-state index in [1.807, 2.05) is 24.3 Å². The number of benzene rings is 2. The molecule has 2 rings (SSSR count). The summed E-state index contributed by atoms with van der Waals surface area (Å²) in [5.41, 5.74) is 2.24. The molecule has 0 saturated heterocycles. The van der Waals surface area contributed by atoms with Gasteiger partial charge >= 0.3 is 0 Å². The number of hydrogen-bond acceptors (Lipinski definition) is 5. The summed E-state index contributed by atoms with van der Waals surface area (Å²) < 4.78 is 30.4. The maximum absolute atomic E-state index is 6.23. The number of hydrogen-bond donors (Lipinski definition) is 0. The third kappa shape index (κ3) is 10.2. The fraction of sp³-hybridized carbons (Fsp3) is 0.455. The molecule has 2 aromatic carbocycles. The van der Waals surface area contributed by atoms with Crippen molar-refractivity contribution in [2.24, 2.45) is 0 Å². The minimum absolute atomic E-state index is 0.445. The molecule has 0 heterocycles. The number of rotatable bonds is 14. The lowest BCUT2D eigenvalue weighted by molar-refractivity contribution is -0.248. The quantitative estimate of drug-likeness (QED) is 0.254. The van der Waals surface area contributed by atoms with E-state index in [4.69, 9.17) is 23.7 Å². The van der Waals surface area contributed by atoms with E-state index >= 15 is 0 Å². The molecule has 0 radical (unpaired) electrons. The van der Waals surface area contributed by atoms with Crippen molar-refractivity contribution in [3.8, 4) is 0 Å². The van der Waals surface area contributed by atoms with Crippen LogP contribution in [0.5, 0.6) is 0 Å². The molecule has 2 aromatic rings. The lowest BCUT2D eigenvalue weighted by Gasteiger charge is -2.25. The number of ether oxygens (including phenoxy) is 5. The van der Waals surface area contributed by atoms with Crippen LogP contribution in [0.15, 0.2) is 57.5 Å². The molecular formula is C22H28Br2O5. The highest BCUT2D eigenvalue weighted by molar-refractivity contribution is 9.10. The number of methoxy groups -OCH3 is 2. The van der Waals surface area contributed by atoms with Gasteiger partial charge in [0.05, 0.1) is 26.4 Å². The van der Waals surface area contributed by atoms with E-state index in [1.165, 1.54) is 0 Å². The third-order valence-corrected chi connectivity index (χ3v) is 5.17. The summed E-state index contributed by atoms with van der Waals surface area (Å²) in [4.78, 5) is 0. The smallest absolute Gasteiger partial charge is 0.164 e. The SMILES string of the molecule is COCCOC(Cc1ccc(Br)cc1)OC(Cc1ccc(Br)cc1)OCCOC. The maximum Gasteiger partial charge on any atom is 0.164 e. The van der Waals surface area contributed by atoms with E-state index in [0.29, 0.717) is 39.3 Å². The molecule has 0 saturated carbocycles. The van der Waals surface area contributed by atoms with Crippen molar-refractivity contribution in [3.05, 3.63) is 68.6 Å². The zero-order valence-electron chi connectivity index (χ0n) is 16.8. The molecule has 0 N–H and O–H groups in total. The van der Waals surface area contributed by atoms with Gasteiger partial charge < -0.3 is 23.7 Å². The third-order valence-electron chi connectivity index (χ3n) is 4.12. The minimum atomic E-state index is -0.450. The molecule has 0 aliphatic carbocycles. The molecule has 7 heteroatoms. The fourth-order valence-corrected chi connectivity index (χ4v) is 3.14. The Labute approximate surface area is 189 Å². The minimum Gasteiger partial charge on any atom is -0.382 e. The highest BCUT2D eigenvalue weighted by Crippen LogP contribution is 2.18. The molecule has 0 aliphatic rings. The molecule has 0 spiro atoms. The summed E-state index contributed by atoms with van der Waals surface area (Å²) in [6, 6.07) is 16.2. The van der Waals surface area contributed by atoms with Crippen molar-refractivity contribution in [2.75, 3.05) is 40.6 Å². The average molecular weight is 532 g/mol. The highest BCUT2D eigenvalue weighted by Gasteiger charge is 2.19. The predicted molar refractivity (Wildman–Crippen MR) is 120 cm³/mol. The topological polar surface area (TPSA) is 46.2 Å². The van der Waals surface area contributed by atoms with Crippen LogP contribution in [-0.4, -0.2) is 53.2 Å². The van der Waals surface area contributed by atoms with Crippen LogP contribution in [0.4, 0.5) is 0 Å². The zero-order valence-corrected chi connectivity index (χ0v) is 20.0. The van der Waals surface area contributed by atoms with Gasteiger partial charge in [-0.15, -0.1) is 0 Å². The molecule has 0 fully saturated rings. The first-order valence-corrected chi connectivity index (χ1v) is 11.0. The lowest BCUT2D eigenvalue weighted by atomic mass is 10.1. The van der Waals surface area contributed by atoms with Crippen molar-refractivity contribution >= 4 is 31.9 Å². The molecular weight excluding hydrogens is 504 g/mol.